The molecule has 0 aliphatic carbocycles. The molecule has 0 bridgehead atoms. The first kappa shape index (κ1) is 24.7. The first-order valence-corrected chi connectivity index (χ1v) is 12.3. The molecule has 0 spiro atoms. The SMILES string of the molecule is [C-]#[N+]c1nc(Nc2ccc(OCCCCCCCCCCCCCC)cc2)sc1[N+]#[C-]. The minimum absolute atomic E-state index is 0.157. The van der Waals surface area contributed by atoms with Crippen molar-refractivity contribution in [3.63, 3.8) is 0 Å². The Morgan fingerprint density at radius 1 is 0.839 bits per heavy atom. The summed E-state index contributed by atoms with van der Waals surface area (Å²) >= 11 is 1.19. The van der Waals surface area contributed by atoms with Crippen molar-refractivity contribution in [2.24, 2.45) is 0 Å². The molecule has 31 heavy (non-hydrogen) atoms. The fourth-order valence-electron chi connectivity index (χ4n) is 3.39. The van der Waals surface area contributed by atoms with Crippen LogP contribution in [-0.2, 0) is 0 Å². The topological polar surface area (TPSA) is 42.9 Å². The highest BCUT2D eigenvalue weighted by Gasteiger charge is 2.13. The van der Waals surface area contributed by atoms with Crippen LogP contribution in [0.2, 0.25) is 0 Å². The maximum absolute atomic E-state index is 7.09. The normalized spacial score (nSPS) is 10.4. The minimum atomic E-state index is 0.157. The van der Waals surface area contributed by atoms with E-state index < -0.39 is 0 Å². The van der Waals surface area contributed by atoms with Gasteiger partial charge in [-0.1, -0.05) is 84.1 Å². The molecule has 0 saturated carbocycles. The summed E-state index contributed by atoms with van der Waals surface area (Å²) in [5.41, 5.74) is 0.861. The fourth-order valence-corrected chi connectivity index (χ4v) is 4.11. The monoisotopic (exact) mass is 438 g/mol. The number of hydrogen-bond acceptors (Lipinski definition) is 4. The van der Waals surface area contributed by atoms with E-state index in [0.29, 0.717) is 10.1 Å². The zero-order chi connectivity index (χ0) is 22.2. The van der Waals surface area contributed by atoms with Crippen molar-refractivity contribution in [2.75, 3.05) is 11.9 Å². The Bertz CT molecular complexity index is 801. The molecule has 5 nitrogen and oxygen atoms in total. The molecular formula is C25H34N4OS. The van der Waals surface area contributed by atoms with Gasteiger partial charge in [0.05, 0.1) is 13.2 Å². The molecule has 6 heteroatoms. The van der Waals surface area contributed by atoms with E-state index in [9.17, 15) is 0 Å². The van der Waals surface area contributed by atoms with Crippen molar-refractivity contribution in [2.45, 2.75) is 84.0 Å². The van der Waals surface area contributed by atoms with Crippen LogP contribution in [0.15, 0.2) is 24.3 Å². The van der Waals surface area contributed by atoms with E-state index in [2.05, 4.69) is 26.9 Å². The number of ether oxygens (including phenoxy) is 1. The Labute approximate surface area is 191 Å². The van der Waals surface area contributed by atoms with Crippen molar-refractivity contribution >= 4 is 33.0 Å². The van der Waals surface area contributed by atoms with Crippen LogP contribution in [0.5, 0.6) is 5.75 Å². The van der Waals surface area contributed by atoms with Crippen LogP contribution >= 0.6 is 11.3 Å². The fraction of sp³-hybridized carbons (Fsp3) is 0.560. The Balaban J connectivity index is 1.52. The molecule has 0 atom stereocenters. The molecule has 0 saturated heterocycles. The number of anilines is 2. The van der Waals surface area contributed by atoms with Gasteiger partial charge in [0.25, 0.3) is 16.0 Å². The molecule has 1 heterocycles. The summed E-state index contributed by atoms with van der Waals surface area (Å²) in [7, 11) is 0. The second kappa shape index (κ2) is 15.3. The lowest BCUT2D eigenvalue weighted by Gasteiger charge is -2.07. The van der Waals surface area contributed by atoms with Crippen molar-refractivity contribution in [3.8, 4) is 5.75 Å². The highest BCUT2D eigenvalue weighted by Crippen LogP contribution is 2.38. The number of rotatable bonds is 16. The summed E-state index contributed by atoms with van der Waals surface area (Å²) in [6.07, 6.45) is 16.1. The Morgan fingerprint density at radius 3 is 1.94 bits per heavy atom. The van der Waals surface area contributed by atoms with Gasteiger partial charge in [-0.3, -0.25) is 0 Å². The van der Waals surface area contributed by atoms with E-state index >= 15 is 0 Å². The Morgan fingerprint density at radius 2 is 1.42 bits per heavy atom. The minimum Gasteiger partial charge on any atom is -0.494 e. The molecule has 1 aromatic heterocycles. The largest absolute Gasteiger partial charge is 0.494 e. The number of unbranched alkanes of at least 4 members (excludes halogenated alkanes) is 11. The van der Waals surface area contributed by atoms with Crippen LogP contribution < -0.4 is 10.1 Å². The van der Waals surface area contributed by atoms with E-state index in [0.717, 1.165) is 24.5 Å². The number of hydrogen-bond donors (Lipinski definition) is 1. The maximum Gasteiger partial charge on any atom is 0.288 e. The van der Waals surface area contributed by atoms with Gasteiger partial charge in [0.2, 0.25) is 0 Å². The third-order valence-electron chi connectivity index (χ3n) is 5.17. The van der Waals surface area contributed by atoms with Crippen molar-refractivity contribution < 1.29 is 4.74 Å². The molecular weight excluding hydrogens is 404 g/mol. The zero-order valence-electron chi connectivity index (χ0n) is 18.7. The van der Waals surface area contributed by atoms with Gasteiger partial charge in [-0.2, -0.15) is 0 Å². The van der Waals surface area contributed by atoms with Crippen molar-refractivity contribution in [3.05, 3.63) is 47.1 Å². The van der Waals surface area contributed by atoms with Gasteiger partial charge in [0.1, 0.15) is 5.75 Å². The summed E-state index contributed by atoms with van der Waals surface area (Å²) < 4.78 is 5.84. The number of nitrogens with zero attached hydrogens (tertiary/aromatic N) is 3. The summed E-state index contributed by atoms with van der Waals surface area (Å²) in [6, 6.07) is 7.71. The summed E-state index contributed by atoms with van der Waals surface area (Å²) in [5, 5.41) is 4.02. The lowest BCUT2D eigenvalue weighted by molar-refractivity contribution is 0.304. The smallest absolute Gasteiger partial charge is 0.288 e. The van der Waals surface area contributed by atoms with E-state index in [4.69, 9.17) is 17.9 Å². The summed E-state index contributed by atoms with van der Waals surface area (Å²) in [6.45, 7) is 17.2. The first-order valence-electron chi connectivity index (χ1n) is 11.5. The third kappa shape index (κ3) is 9.85. The first-order chi connectivity index (χ1) is 15.3. The van der Waals surface area contributed by atoms with Gasteiger partial charge in [-0.05, 0) is 30.7 Å². The Kier molecular flexibility index (Phi) is 12.2. The molecule has 1 aromatic carbocycles. The summed E-state index contributed by atoms with van der Waals surface area (Å²) in [4.78, 5) is 10.8. The quantitative estimate of drug-likeness (QED) is 0.210. The lowest BCUT2D eigenvalue weighted by Crippen LogP contribution is -1.97. The van der Waals surface area contributed by atoms with E-state index in [-0.39, 0.29) is 5.82 Å². The average Bonchev–Trinajstić information content (AvgIpc) is 3.20. The van der Waals surface area contributed by atoms with Crippen LogP contribution in [0.1, 0.15) is 84.0 Å². The molecule has 0 aliphatic rings. The van der Waals surface area contributed by atoms with Gasteiger partial charge in [0, 0.05) is 5.69 Å². The highest BCUT2D eigenvalue weighted by molar-refractivity contribution is 7.20. The molecule has 0 amide bonds. The number of aromatic nitrogens is 1. The van der Waals surface area contributed by atoms with Crippen LogP contribution in [0.3, 0.4) is 0 Å². The Hall–Kier alpha value is -2.57. The van der Waals surface area contributed by atoms with E-state index in [1.54, 1.807) is 0 Å². The zero-order valence-corrected chi connectivity index (χ0v) is 19.5. The van der Waals surface area contributed by atoms with Crippen molar-refractivity contribution in [1.82, 2.24) is 4.98 Å². The van der Waals surface area contributed by atoms with Crippen LogP contribution in [0.25, 0.3) is 9.69 Å². The van der Waals surface area contributed by atoms with Gasteiger partial charge in [-0.15, -0.1) is 16.3 Å². The second-order valence-corrected chi connectivity index (χ2v) is 8.74. The molecule has 0 unspecified atom stereocenters. The number of thiazole rings is 1. The molecule has 0 aliphatic heterocycles. The van der Waals surface area contributed by atoms with Crippen LogP contribution in [0.4, 0.5) is 21.6 Å². The van der Waals surface area contributed by atoms with E-state index in [1.807, 2.05) is 24.3 Å². The maximum atomic E-state index is 7.09. The van der Waals surface area contributed by atoms with E-state index in [1.165, 1.54) is 82.0 Å². The van der Waals surface area contributed by atoms with Gasteiger partial charge in [-0.25, -0.2) is 4.85 Å². The lowest BCUT2D eigenvalue weighted by atomic mass is 10.1. The van der Waals surface area contributed by atoms with Crippen LogP contribution in [0, 0.1) is 13.1 Å². The predicted octanol–water partition coefficient (Wildman–Crippen LogP) is 9.07. The molecule has 2 rings (SSSR count). The molecule has 166 valence electrons. The highest BCUT2D eigenvalue weighted by atomic mass is 32.1. The third-order valence-corrected chi connectivity index (χ3v) is 6.03. The second-order valence-electron chi connectivity index (χ2n) is 7.76. The number of benzene rings is 1. The molecule has 2 aromatic rings. The predicted molar refractivity (Wildman–Crippen MR) is 131 cm³/mol. The van der Waals surface area contributed by atoms with Crippen molar-refractivity contribution in [1.29, 1.82) is 0 Å². The molecule has 1 N–H and O–H groups in total. The van der Waals surface area contributed by atoms with Crippen LogP contribution in [-0.4, -0.2) is 11.6 Å². The van der Waals surface area contributed by atoms with Gasteiger partial charge < -0.3 is 14.9 Å². The number of nitrogens with one attached hydrogen (secondary N) is 1. The van der Waals surface area contributed by atoms with Gasteiger partial charge in [0.15, 0.2) is 0 Å². The summed E-state index contributed by atoms with van der Waals surface area (Å²) in [5.74, 6) is 1.02. The standard InChI is InChI=1S/C25H34N4OS/c1-4-5-6-7-8-9-10-11-12-13-14-15-20-30-22-18-16-21(17-19-22)28-25-29-23(26-2)24(27-3)31-25/h16-19H,4-15,20H2,1H3,(H,28,29). The molecule has 0 radical (unpaired) electrons. The average molecular weight is 439 g/mol. The molecule has 0 fully saturated rings. The van der Waals surface area contributed by atoms with Gasteiger partial charge >= 0.3 is 0 Å².